The monoisotopic (exact) mass is 521 g/mol. The standard InChI is InChI=1S/C23H31N5O.HI/c1-24-23(26-20-11-12-28(18-20)21-8-3-2-4-9-21)25-17-19-7-5-6-10-22(19)27-13-15-29-16-14-27;/h2-10,20H,11-18H2,1H3,(H2,24,25,26);1H. The van der Waals surface area contributed by atoms with Crippen LogP contribution in [0.4, 0.5) is 11.4 Å². The van der Waals surface area contributed by atoms with Crippen molar-refractivity contribution in [2.45, 2.75) is 19.0 Å². The van der Waals surface area contributed by atoms with Crippen LogP contribution in [0.1, 0.15) is 12.0 Å². The minimum atomic E-state index is 0. The Bertz CT molecular complexity index is 810. The zero-order valence-electron chi connectivity index (χ0n) is 17.6. The van der Waals surface area contributed by atoms with E-state index in [1.54, 1.807) is 0 Å². The Morgan fingerprint density at radius 2 is 1.73 bits per heavy atom. The number of hydrogen-bond donors (Lipinski definition) is 2. The van der Waals surface area contributed by atoms with Gasteiger partial charge in [-0.1, -0.05) is 36.4 Å². The van der Waals surface area contributed by atoms with E-state index >= 15 is 0 Å². The van der Waals surface area contributed by atoms with Gasteiger partial charge in [-0.2, -0.15) is 0 Å². The van der Waals surface area contributed by atoms with Gasteiger partial charge in [-0.25, -0.2) is 0 Å². The number of nitrogens with one attached hydrogen (secondary N) is 2. The maximum absolute atomic E-state index is 5.50. The first-order chi connectivity index (χ1) is 14.3. The van der Waals surface area contributed by atoms with Crippen molar-refractivity contribution in [3.8, 4) is 0 Å². The number of morpholine rings is 1. The van der Waals surface area contributed by atoms with E-state index in [4.69, 9.17) is 4.74 Å². The predicted octanol–water partition coefficient (Wildman–Crippen LogP) is 3.09. The summed E-state index contributed by atoms with van der Waals surface area (Å²) in [5.74, 6) is 0.863. The molecule has 0 saturated carbocycles. The second-order valence-corrected chi connectivity index (χ2v) is 7.57. The van der Waals surface area contributed by atoms with Crippen LogP contribution in [-0.2, 0) is 11.3 Å². The van der Waals surface area contributed by atoms with Gasteiger partial charge in [0, 0.05) is 57.2 Å². The SMILES string of the molecule is CN=C(NCc1ccccc1N1CCOCC1)NC1CCN(c2ccccc2)C1.I. The molecule has 2 saturated heterocycles. The van der Waals surface area contributed by atoms with E-state index in [1.807, 2.05) is 7.05 Å². The van der Waals surface area contributed by atoms with Gasteiger partial charge in [0.25, 0.3) is 0 Å². The van der Waals surface area contributed by atoms with Crippen LogP contribution in [0.25, 0.3) is 0 Å². The van der Waals surface area contributed by atoms with Crippen LogP contribution in [0.3, 0.4) is 0 Å². The number of guanidine groups is 1. The average molecular weight is 521 g/mol. The molecule has 0 bridgehead atoms. The molecule has 2 aromatic carbocycles. The zero-order valence-corrected chi connectivity index (χ0v) is 19.9. The number of benzene rings is 2. The van der Waals surface area contributed by atoms with Gasteiger partial charge in [0.05, 0.1) is 13.2 Å². The number of aliphatic imine (C=N–C) groups is 1. The van der Waals surface area contributed by atoms with Crippen molar-refractivity contribution in [1.29, 1.82) is 0 Å². The molecule has 0 amide bonds. The number of anilines is 2. The predicted molar refractivity (Wildman–Crippen MR) is 135 cm³/mol. The average Bonchev–Trinajstić information content (AvgIpc) is 3.26. The van der Waals surface area contributed by atoms with E-state index in [-0.39, 0.29) is 24.0 Å². The summed E-state index contributed by atoms with van der Waals surface area (Å²) in [6.45, 7) is 6.30. The molecule has 0 aliphatic carbocycles. The van der Waals surface area contributed by atoms with Gasteiger partial charge in [0.15, 0.2) is 5.96 Å². The van der Waals surface area contributed by atoms with E-state index in [2.05, 4.69) is 80.0 Å². The fourth-order valence-corrected chi connectivity index (χ4v) is 4.09. The molecule has 30 heavy (non-hydrogen) atoms. The second kappa shape index (κ2) is 11.4. The number of ether oxygens (including phenoxy) is 1. The van der Waals surface area contributed by atoms with Crippen molar-refractivity contribution in [1.82, 2.24) is 10.6 Å². The smallest absolute Gasteiger partial charge is 0.191 e. The van der Waals surface area contributed by atoms with Gasteiger partial charge in [0.2, 0.25) is 0 Å². The lowest BCUT2D eigenvalue weighted by atomic mass is 10.1. The van der Waals surface area contributed by atoms with E-state index in [0.717, 1.165) is 58.3 Å². The highest BCUT2D eigenvalue weighted by Crippen LogP contribution is 2.22. The lowest BCUT2D eigenvalue weighted by Crippen LogP contribution is -2.44. The van der Waals surface area contributed by atoms with Gasteiger partial charge in [-0.15, -0.1) is 24.0 Å². The summed E-state index contributed by atoms with van der Waals surface area (Å²) in [7, 11) is 1.84. The van der Waals surface area contributed by atoms with Gasteiger partial charge in [-0.05, 0) is 30.2 Å². The molecule has 1 unspecified atom stereocenters. The second-order valence-electron chi connectivity index (χ2n) is 7.57. The van der Waals surface area contributed by atoms with Crippen molar-refractivity contribution in [3.05, 3.63) is 60.2 Å². The minimum absolute atomic E-state index is 0. The molecule has 7 heteroatoms. The van der Waals surface area contributed by atoms with E-state index in [0.29, 0.717) is 6.04 Å². The van der Waals surface area contributed by atoms with Gasteiger partial charge >= 0.3 is 0 Å². The molecular formula is C23H32IN5O. The van der Waals surface area contributed by atoms with Crippen molar-refractivity contribution in [2.75, 3.05) is 56.2 Å². The van der Waals surface area contributed by atoms with Crippen LogP contribution in [0.5, 0.6) is 0 Å². The third kappa shape index (κ3) is 5.78. The molecule has 4 rings (SSSR count). The molecule has 162 valence electrons. The van der Waals surface area contributed by atoms with Gasteiger partial charge in [-0.3, -0.25) is 4.99 Å². The molecule has 2 fully saturated rings. The Balaban J connectivity index is 0.00000256. The largest absolute Gasteiger partial charge is 0.378 e. The highest BCUT2D eigenvalue weighted by atomic mass is 127. The van der Waals surface area contributed by atoms with Crippen molar-refractivity contribution >= 4 is 41.3 Å². The molecule has 1 atom stereocenters. The van der Waals surface area contributed by atoms with E-state index < -0.39 is 0 Å². The summed E-state index contributed by atoms with van der Waals surface area (Å²) < 4.78 is 5.50. The van der Waals surface area contributed by atoms with Crippen LogP contribution in [0, 0.1) is 0 Å². The molecule has 2 heterocycles. The summed E-state index contributed by atoms with van der Waals surface area (Å²) in [6.07, 6.45) is 1.11. The first kappa shape index (κ1) is 22.7. The van der Waals surface area contributed by atoms with E-state index in [9.17, 15) is 0 Å². The lowest BCUT2D eigenvalue weighted by molar-refractivity contribution is 0.122. The Kier molecular flexibility index (Phi) is 8.62. The van der Waals surface area contributed by atoms with Crippen molar-refractivity contribution in [3.63, 3.8) is 0 Å². The molecular weight excluding hydrogens is 489 g/mol. The summed E-state index contributed by atoms with van der Waals surface area (Å²) >= 11 is 0. The summed E-state index contributed by atoms with van der Waals surface area (Å²) in [4.78, 5) is 9.29. The summed E-state index contributed by atoms with van der Waals surface area (Å²) in [6, 6.07) is 19.6. The van der Waals surface area contributed by atoms with Crippen LogP contribution in [0.2, 0.25) is 0 Å². The Morgan fingerprint density at radius 3 is 2.50 bits per heavy atom. The third-order valence-electron chi connectivity index (χ3n) is 5.66. The fraction of sp³-hybridized carbons (Fsp3) is 0.435. The molecule has 6 nitrogen and oxygen atoms in total. The highest BCUT2D eigenvalue weighted by Gasteiger charge is 2.23. The number of para-hydroxylation sites is 2. The first-order valence-corrected chi connectivity index (χ1v) is 10.5. The van der Waals surface area contributed by atoms with Gasteiger partial charge in [0.1, 0.15) is 0 Å². The molecule has 2 aliphatic heterocycles. The summed E-state index contributed by atoms with van der Waals surface area (Å²) in [5, 5.41) is 7.11. The minimum Gasteiger partial charge on any atom is -0.378 e. The Morgan fingerprint density at radius 1 is 1.00 bits per heavy atom. The van der Waals surface area contributed by atoms with Crippen LogP contribution in [0.15, 0.2) is 59.6 Å². The molecule has 0 radical (unpaired) electrons. The molecule has 2 aromatic rings. The number of nitrogens with zero attached hydrogens (tertiary/aromatic N) is 3. The number of rotatable bonds is 5. The van der Waals surface area contributed by atoms with Gasteiger partial charge < -0.3 is 25.2 Å². The third-order valence-corrected chi connectivity index (χ3v) is 5.66. The molecule has 2 aliphatic rings. The molecule has 0 spiro atoms. The number of halogens is 1. The van der Waals surface area contributed by atoms with Crippen molar-refractivity contribution < 1.29 is 4.74 Å². The quantitative estimate of drug-likeness (QED) is 0.360. The highest BCUT2D eigenvalue weighted by molar-refractivity contribution is 14.0. The van der Waals surface area contributed by atoms with E-state index in [1.165, 1.54) is 16.9 Å². The topological polar surface area (TPSA) is 52.1 Å². The molecule has 2 N–H and O–H groups in total. The van der Waals surface area contributed by atoms with Crippen LogP contribution >= 0.6 is 24.0 Å². The lowest BCUT2D eigenvalue weighted by Gasteiger charge is -2.30. The maximum Gasteiger partial charge on any atom is 0.191 e. The number of hydrogen-bond acceptors (Lipinski definition) is 4. The van der Waals surface area contributed by atoms with Crippen LogP contribution < -0.4 is 20.4 Å². The fourth-order valence-electron chi connectivity index (χ4n) is 4.09. The maximum atomic E-state index is 5.50. The zero-order chi connectivity index (χ0) is 19.9. The Hall–Kier alpha value is -2.00. The molecule has 0 aromatic heterocycles. The van der Waals surface area contributed by atoms with Crippen LogP contribution in [-0.4, -0.2) is 58.4 Å². The Labute approximate surface area is 196 Å². The normalized spacial score (nSPS) is 19.4. The van der Waals surface area contributed by atoms with Crippen molar-refractivity contribution in [2.24, 2.45) is 4.99 Å². The summed E-state index contributed by atoms with van der Waals surface area (Å²) in [5.41, 5.74) is 3.86. The first-order valence-electron chi connectivity index (χ1n) is 10.5.